The normalized spacial score (nSPS) is 10.6. The molecule has 0 bridgehead atoms. The van der Waals surface area contributed by atoms with E-state index in [9.17, 15) is 9.90 Å². The van der Waals surface area contributed by atoms with E-state index >= 15 is 0 Å². The first-order valence-corrected chi connectivity index (χ1v) is 8.14. The van der Waals surface area contributed by atoms with E-state index in [2.05, 4.69) is 0 Å². The molecule has 0 saturated carbocycles. The molecule has 0 saturated heterocycles. The highest BCUT2D eigenvalue weighted by Crippen LogP contribution is 2.31. The zero-order valence-corrected chi connectivity index (χ0v) is 14.9. The van der Waals surface area contributed by atoms with Gasteiger partial charge in [-0.1, -0.05) is 24.3 Å². The third-order valence-electron chi connectivity index (χ3n) is 4.28. The molecule has 0 heterocycles. The predicted octanol–water partition coefficient (Wildman–Crippen LogP) is 4.23. The Kier molecular flexibility index (Phi) is 4.98. The minimum atomic E-state index is -0.581. The second kappa shape index (κ2) is 7.35. The van der Waals surface area contributed by atoms with E-state index in [0.717, 1.165) is 21.9 Å². The Balaban J connectivity index is 1.82. The summed E-state index contributed by atoms with van der Waals surface area (Å²) in [7, 11) is 3.12. The second-order valence-corrected chi connectivity index (χ2v) is 5.93. The number of aryl methyl sites for hydroxylation is 1. The Morgan fingerprint density at radius 2 is 1.58 bits per heavy atom. The minimum absolute atomic E-state index is 0.0668. The van der Waals surface area contributed by atoms with E-state index in [1.54, 1.807) is 32.4 Å². The lowest BCUT2D eigenvalue weighted by Gasteiger charge is -2.13. The van der Waals surface area contributed by atoms with Crippen molar-refractivity contribution in [2.45, 2.75) is 13.5 Å². The number of phenols is 1. The highest BCUT2D eigenvalue weighted by Gasteiger charge is 2.16. The fourth-order valence-electron chi connectivity index (χ4n) is 2.79. The molecular formula is C21H20O5. The van der Waals surface area contributed by atoms with Crippen LogP contribution in [0, 0.1) is 6.92 Å². The minimum Gasteiger partial charge on any atom is -0.507 e. The maximum absolute atomic E-state index is 12.4. The SMILES string of the molecule is COc1cc(C)c(COC(=O)c2cc3ccccc3cc2O)cc1OC. The Labute approximate surface area is 151 Å². The van der Waals surface area contributed by atoms with Crippen molar-refractivity contribution >= 4 is 16.7 Å². The number of aromatic hydroxyl groups is 1. The summed E-state index contributed by atoms with van der Waals surface area (Å²) in [5.74, 6) is 0.505. The van der Waals surface area contributed by atoms with Gasteiger partial charge in [0.15, 0.2) is 11.5 Å². The third kappa shape index (κ3) is 3.42. The molecular weight excluding hydrogens is 332 g/mol. The molecule has 134 valence electrons. The van der Waals surface area contributed by atoms with E-state index < -0.39 is 5.97 Å². The first kappa shape index (κ1) is 17.6. The molecule has 5 nitrogen and oxygen atoms in total. The zero-order valence-electron chi connectivity index (χ0n) is 14.9. The van der Waals surface area contributed by atoms with Gasteiger partial charge < -0.3 is 19.3 Å². The Morgan fingerprint density at radius 3 is 2.23 bits per heavy atom. The lowest BCUT2D eigenvalue weighted by Crippen LogP contribution is -2.07. The molecule has 0 unspecified atom stereocenters. The average molecular weight is 352 g/mol. The highest BCUT2D eigenvalue weighted by atomic mass is 16.5. The number of carbonyl (C=O) groups is 1. The quantitative estimate of drug-likeness (QED) is 0.696. The maximum atomic E-state index is 12.4. The number of rotatable bonds is 5. The second-order valence-electron chi connectivity index (χ2n) is 5.93. The van der Waals surface area contributed by atoms with Crippen LogP contribution in [0.15, 0.2) is 48.5 Å². The van der Waals surface area contributed by atoms with Gasteiger partial charge >= 0.3 is 5.97 Å². The number of hydrogen-bond acceptors (Lipinski definition) is 5. The molecule has 3 rings (SSSR count). The summed E-state index contributed by atoms with van der Waals surface area (Å²) in [4.78, 5) is 12.4. The molecule has 0 aromatic heterocycles. The van der Waals surface area contributed by atoms with E-state index in [1.807, 2.05) is 37.3 Å². The summed E-state index contributed by atoms with van der Waals surface area (Å²) in [6.07, 6.45) is 0. The van der Waals surface area contributed by atoms with Crippen LogP contribution in [0.4, 0.5) is 0 Å². The largest absolute Gasteiger partial charge is 0.507 e. The number of hydrogen-bond donors (Lipinski definition) is 1. The summed E-state index contributed by atoms with van der Waals surface area (Å²) < 4.78 is 15.9. The molecule has 3 aromatic carbocycles. The first-order chi connectivity index (χ1) is 12.5. The van der Waals surface area contributed by atoms with Crippen LogP contribution in [-0.2, 0) is 11.3 Å². The average Bonchev–Trinajstić information content (AvgIpc) is 2.65. The summed E-state index contributed by atoms with van der Waals surface area (Å²) in [6, 6.07) is 14.3. The third-order valence-corrected chi connectivity index (χ3v) is 4.28. The van der Waals surface area contributed by atoms with Gasteiger partial charge in [-0.3, -0.25) is 0 Å². The van der Waals surface area contributed by atoms with Gasteiger partial charge in [-0.05, 0) is 53.1 Å². The molecule has 5 heteroatoms. The lowest BCUT2D eigenvalue weighted by atomic mass is 10.1. The Bertz CT molecular complexity index is 962. The van der Waals surface area contributed by atoms with Crippen LogP contribution in [0.5, 0.6) is 17.2 Å². The number of esters is 1. The molecule has 0 radical (unpaired) electrons. The van der Waals surface area contributed by atoms with Gasteiger partial charge in [0.1, 0.15) is 17.9 Å². The van der Waals surface area contributed by atoms with Gasteiger partial charge in [0, 0.05) is 0 Å². The molecule has 0 spiro atoms. The zero-order chi connectivity index (χ0) is 18.7. The van der Waals surface area contributed by atoms with Crippen LogP contribution in [0.3, 0.4) is 0 Å². The van der Waals surface area contributed by atoms with Crippen molar-refractivity contribution in [1.82, 2.24) is 0 Å². The molecule has 0 amide bonds. The number of phenolic OH excluding ortho intramolecular Hbond substituents is 1. The smallest absolute Gasteiger partial charge is 0.342 e. The standard InChI is InChI=1S/C21H20O5/c1-13-8-19(24-2)20(25-3)11-16(13)12-26-21(23)17-9-14-6-4-5-7-15(14)10-18(17)22/h4-11,22H,12H2,1-3H3. The molecule has 0 aliphatic heterocycles. The molecule has 1 N–H and O–H groups in total. The number of fused-ring (bicyclic) bond motifs is 1. The molecule has 0 atom stereocenters. The molecule has 0 aliphatic carbocycles. The molecule has 0 fully saturated rings. The first-order valence-electron chi connectivity index (χ1n) is 8.14. The van der Waals surface area contributed by atoms with Crippen molar-refractivity contribution in [3.05, 3.63) is 65.2 Å². The molecule has 0 aliphatic rings. The van der Waals surface area contributed by atoms with Crippen LogP contribution < -0.4 is 9.47 Å². The fourth-order valence-corrected chi connectivity index (χ4v) is 2.79. The van der Waals surface area contributed by atoms with Gasteiger partial charge in [-0.2, -0.15) is 0 Å². The van der Waals surface area contributed by atoms with Gasteiger partial charge in [0.05, 0.1) is 14.2 Å². The summed E-state index contributed by atoms with van der Waals surface area (Å²) >= 11 is 0. The molecule has 3 aromatic rings. The van der Waals surface area contributed by atoms with Crippen molar-refractivity contribution in [2.75, 3.05) is 14.2 Å². The topological polar surface area (TPSA) is 65.0 Å². The van der Waals surface area contributed by atoms with Gasteiger partial charge in [-0.15, -0.1) is 0 Å². The van der Waals surface area contributed by atoms with E-state index in [-0.39, 0.29) is 17.9 Å². The Hall–Kier alpha value is -3.21. The van der Waals surface area contributed by atoms with Crippen LogP contribution in [0.1, 0.15) is 21.5 Å². The van der Waals surface area contributed by atoms with Crippen molar-refractivity contribution in [2.24, 2.45) is 0 Å². The van der Waals surface area contributed by atoms with Crippen LogP contribution >= 0.6 is 0 Å². The van der Waals surface area contributed by atoms with Crippen molar-refractivity contribution < 1.29 is 24.1 Å². The van der Waals surface area contributed by atoms with Crippen molar-refractivity contribution in [3.8, 4) is 17.2 Å². The van der Waals surface area contributed by atoms with Crippen LogP contribution in [0.2, 0.25) is 0 Å². The lowest BCUT2D eigenvalue weighted by molar-refractivity contribution is 0.0468. The predicted molar refractivity (Wildman–Crippen MR) is 99.0 cm³/mol. The maximum Gasteiger partial charge on any atom is 0.342 e. The summed E-state index contributed by atoms with van der Waals surface area (Å²) in [6.45, 7) is 1.97. The fraction of sp³-hybridized carbons (Fsp3) is 0.190. The number of methoxy groups -OCH3 is 2. The molecule has 26 heavy (non-hydrogen) atoms. The van der Waals surface area contributed by atoms with E-state index in [4.69, 9.17) is 14.2 Å². The Morgan fingerprint density at radius 1 is 0.962 bits per heavy atom. The van der Waals surface area contributed by atoms with E-state index in [1.165, 1.54) is 0 Å². The van der Waals surface area contributed by atoms with Crippen molar-refractivity contribution in [3.63, 3.8) is 0 Å². The van der Waals surface area contributed by atoms with Gasteiger partial charge in [0.25, 0.3) is 0 Å². The number of ether oxygens (including phenoxy) is 3. The number of carbonyl (C=O) groups excluding carboxylic acids is 1. The summed E-state index contributed by atoms with van der Waals surface area (Å²) in [5.41, 5.74) is 1.86. The summed E-state index contributed by atoms with van der Waals surface area (Å²) in [5, 5.41) is 11.9. The monoisotopic (exact) mass is 352 g/mol. The van der Waals surface area contributed by atoms with Crippen molar-refractivity contribution in [1.29, 1.82) is 0 Å². The van der Waals surface area contributed by atoms with Gasteiger partial charge in [-0.25, -0.2) is 4.79 Å². The van der Waals surface area contributed by atoms with Gasteiger partial charge in [0.2, 0.25) is 0 Å². The highest BCUT2D eigenvalue weighted by molar-refractivity contribution is 5.98. The number of benzene rings is 3. The van der Waals surface area contributed by atoms with Crippen LogP contribution in [-0.4, -0.2) is 25.3 Å². The van der Waals surface area contributed by atoms with Crippen LogP contribution in [0.25, 0.3) is 10.8 Å². The van der Waals surface area contributed by atoms with E-state index in [0.29, 0.717) is 11.5 Å².